The van der Waals surface area contributed by atoms with Gasteiger partial charge < -0.3 is 10.1 Å². The molecule has 22 heavy (non-hydrogen) atoms. The lowest BCUT2D eigenvalue weighted by Gasteiger charge is -2.37. The molecular weight excluding hydrogens is 310 g/mol. The Morgan fingerprint density at radius 3 is 2.18 bits per heavy atom. The standard InChI is InChI=1S/C13H23N3O5S/c1-8(2)11(13(18)21-4)14-12(17)9-5-16(6-9)22(19,20)10-7-15(10)3/h8-11H,5-7H2,1-4H3,(H,14,17)/t10?,11-,15-/m0/s1. The maximum atomic E-state index is 12.1. The number of ether oxygens (including phenoxy) is 1. The van der Waals surface area contributed by atoms with Gasteiger partial charge >= 0.3 is 5.97 Å². The summed E-state index contributed by atoms with van der Waals surface area (Å²) in [5.41, 5.74) is 0. The Balaban J connectivity index is 1.87. The second-order valence-electron chi connectivity index (χ2n) is 6.21. The zero-order valence-corrected chi connectivity index (χ0v) is 14.1. The lowest BCUT2D eigenvalue weighted by Crippen LogP contribution is -2.59. The number of carbonyl (C=O) groups excluding carboxylic acids is 2. The molecule has 0 spiro atoms. The molecule has 9 heteroatoms. The van der Waals surface area contributed by atoms with Crippen LogP contribution in [0.2, 0.25) is 0 Å². The summed E-state index contributed by atoms with van der Waals surface area (Å²) in [6, 6.07) is -0.710. The third kappa shape index (κ3) is 3.26. The molecule has 1 unspecified atom stereocenters. The van der Waals surface area contributed by atoms with E-state index in [0.29, 0.717) is 6.54 Å². The van der Waals surface area contributed by atoms with Gasteiger partial charge in [0, 0.05) is 19.6 Å². The summed E-state index contributed by atoms with van der Waals surface area (Å²) in [4.78, 5) is 25.5. The SMILES string of the molecule is COC(=O)[C@@H](NC(=O)C1CN(S(=O)(=O)C2C[N@]2C)C1)C(C)C. The molecule has 2 rings (SSSR count). The van der Waals surface area contributed by atoms with Gasteiger partial charge in [0.2, 0.25) is 15.9 Å². The zero-order valence-electron chi connectivity index (χ0n) is 13.3. The van der Waals surface area contributed by atoms with Gasteiger partial charge in [0.1, 0.15) is 11.4 Å². The van der Waals surface area contributed by atoms with Crippen molar-refractivity contribution in [2.45, 2.75) is 25.3 Å². The van der Waals surface area contributed by atoms with Gasteiger partial charge in [-0.3, -0.25) is 9.69 Å². The van der Waals surface area contributed by atoms with Crippen LogP contribution in [-0.4, -0.2) is 74.7 Å². The van der Waals surface area contributed by atoms with E-state index in [2.05, 4.69) is 10.1 Å². The van der Waals surface area contributed by atoms with Gasteiger partial charge in [-0.15, -0.1) is 0 Å². The smallest absolute Gasteiger partial charge is 0.328 e. The number of nitrogens with zero attached hydrogens (tertiary/aromatic N) is 2. The fraction of sp³-hybridized carbons (Fsp3) is 0.846. The van der Waals surface area contributed by atoms with Crippen LogP contribution in [0.4, 0.5) is 0 Å². The minimum atomic E-state index is -3.32. The molecule has 1 N–H and O–H groups in total. The number of likely N-dealkylation sites (N-methyl/N-ethyl adjacent to an activating group) is 1. The molecule has 126 valence electrons. The van der Waals surface area contributed by atoms with Crippen molar-refractivity contribution in [3.8, 4) is 0 Å². The summed E-state index contributed by atoms with van der Waals surface area (Å²) >= 11 is 0. The number of amides is 1. The molecule has 2 saturated heterocycles. The van der Waals surface area contributed by atoms with E-state index >= 15 is 0 Å². The van der Waals surface area contributed by atoms with Crippen molar-refractivity contribution in [1.82, 2.24) is 14.5 Å². The molecule has 0 radical (unpaired) electrons. The van der Waals surface area contributed by atoms with E-state index in [4.69, 9.17) is 0 Å². The van der Waals surface area contributed by atoms with Crippen LogP contribution in [0.15, 0.2) is 0 Å². The third-order valence-electron chi connectivity index (χ3n) is 4.14. The van der Waals surface area contributed by atoms with Crippen molar-refractivity contribution in [3.05, 3.63) is 0 Å². The second-order valence-corrected chi connectivity index (χ2v) is 8.30. The zero-order chi connectivity index (χ0) is 16.7. The summed E-state index contributed by atoms with van der Waals surface area (Å²) in [6.07, 6.45) is 0. The molecule has 0 bridgehead atoms. The molecule has 2 aliphatic rings. The second kappa shape index (κ2) is 6.13. The summed E-state index contributed by atoms with van der Waals surface area (Å²) in [5, 5.41) is 2.20. The number of methoxy groups -OCH3 is 1. The molecule has 1 amide bonds. The number of rotatable bonds is 6. The highest BCUT2D eigenvalue weighted by molar-refractivity contribution is 7.90. The number of esters is 1. The van der Waals surface area contributed by atoms with E-state index < -0.39 is 33.3 Å². The average Bonchev–Trinajstić information content (AvgIpc) is 3.10. The van der Waals surface area contributed by atoms with Crippen LogP contribution in [0.1, 0.15) is 13.8 Å². The highest BCUT2D eigenvalue weighted by Crippen LogP contribution is 2.29. The van der Waals surface area contributed by atoms with E-state index in [9.17, 15) is 18.0 Å². The fourth-order valence-corrected chi connectivity index (χ4v) is 4.40. The summed E-state index contributed by atoms with van der Waals surface area (Å²) in [5.74, 6) is -1.31. The van der Waals surface area contributed by atoms with Gasteiger partial charge in [-0.25, -0.2) is 13.2 Å². The average molecular weight is 333 g/mol. The van der Waals surface area contributed by atoms with Crippen molar-refractivity contribution < 1.29 is 22.7 Å². The molecule has 8 nitrogen and oxygen atoms in total. The van der Waals surface area contributed by atoms with Crippen molar-refractivity contribution in [1.29, 1.82) is 0 Å². The minimum absolute atomic E-state index is 0.101. The van der Waals surface area contributed by atoms with Crippen LogP contribution >= 0.6 is 0 Å². The van der Waals surface area contributed by atoms with Gasteiger partial charge in [-0.05, 0) is 13.0 Å². The first-order valence-electron chi connectivity index (χ1n) is 7.26. The van der Waals surface area contributed by atoms with Crippen LogP contribution in [0.3, 0.4) is 0 Å². The number of sulfonamides is 1. The normalized spacial score (nSPS) is 27.1. The molecule has 0 aromatic heterocycles. The first-order chi connectivity index (χ1) is 10.2. The van der Waals surface area contributed by atoms with E-state index in [1.807, 2.05) is 13.8 Å². The quantitative estimate of drug-likeness (QED) is 0.486. The summed E-state index contributed by atoms with van der Waals surface area (Å²) in [7, 11) is -0.306. The van der Waals surface area contributed by atoms with E-state index in [0.717, 1.165) is 0 Å². The van der Waals surface area contributed by atoms with Crippen LogP contribution in [0, 0.1) is 11.8 Å². The molecule has 0 saturated carbocycles. The maximum absolute atomic E-state index is 12.1. The maximum Gasteiger partial charge on any atom is 0.328 e. The molecule has 0 aliphatic carbocycles. The van der Waals surface area contributed by atoms with Crippen molar-refractivity contribution in [2.75, 3.05) is 33.8 Å². The van der Waals surface area contributed by atoms with Crippen molar-refractivity contribution in [3.63, 3.8) is 0 Å². The molecule has 2 heterocycles. The third-order valence-corrected chi connectivity index (χ3v) is 6.36. The Hall–Kier alpha value is -1.19. The number of nitrogens with one attached hydrogen (secondary N) is 1. The lowest BCUT2D eigenvalue weighted by atomic mass is 9.99. The summed E-state index contributed by atoms with van der Waals surface area (Å²) in [6.45, 7) is 4.49. The Kier molecular flexibility index (Phi) is 4.78. The molecule has 0 aromatic rings. The molecule has 2 fully saturated rings. The summed E-state index contributed by atoms with van der Waals surface area (Å²) < 4.78 is 30.2. The van der Waals surface area contributed by atoms with E-state index in [1.165, 1.54) is 11.4 Å². The Bertz CT molecular complexity index is 556. The number of hydrogen-bond donors (Lipinski definition) is 1. The highest BCUT2D eigenvalue weighted by atomic mass is 32.2. The Morgan fingerprint density at radius 1 is 1.23 bits per heavy atom. The minimum Gasteiger partial charge on any atom is -0.467 e. The first kappa shape index (κ1) is 17.2. The largest absolute Gasteiger partial charge is 0.467 e. The number of hydrogen-bond acceptors (Lipinski definition) is 6. The molecule has 0 aromatic carbocycles. The van der Waals surface area contributed by atoms with Gasteiger partial charge in [-0.2, -0.15) is 4.31 Å². The lowest BCUT2D eigenvalue weighted by molar-refractivity contribution is -0.147. The Morgan fingerprint density at radius 2 is 1.77 bits per heavy atom. The topological polar surface area (TPSA) is 95.8 Å². The molecular formula is C13H23N3O5S. The van der Waals surface area contributed by atoms with Gasteiger partial charge in [-0.1, -0.05) is 13.8 Å². The first-order valence-corrected chi connectivity index (χ1v) is 8.76. The van der Waals surface area contributed by atoms with Crippen LogP contribution < -0.4 is 5.32 Å². The molecule has 2 aliphatic heterocycles. The van der Waals surface area contributed by atoms with Gasteiger partial charge in [0.25, 0.3) is 0 Å². The highest BCUT2D eigenvalue weighted by Gasteiger charge is 2.50. The van der Waals surface area contributed by atoms with Crippen LogP contribution in [-0.2, 0) is 24.3 Å². The van der Waals surface area contributed by atoms with Gasteiger partial charge in [0.05, 0.1) is 13.0 Å². The molecule has 3 atom stereocenters. The van der Waals surface area contributed by atoms with E-state index in [-0.39, 0.29) is 24.9 Å². The van der Waals surface area contributed by atoms with Crippen LogP contribution in [0.25, 0.3) is 0 Å². The van der Waals surface area contributed by atoms with Crippen molar-refractivity contribution in [2.24, 2.45) is 11.8 Å². The monoisotopic (exact) mass is 333 g/mol. The fourth-order valence-electron chi connectivity index (χ4n) is 2.40. The van der Waals surface area contributed by atoms with E-state index in [1.54, 1.807) is 11.9 Å². The van der Waals surface area contributed by atoms with Crippen LogP contribution in [0.5, 0.6) is 0 Å². The predicted molar refractivity (Wildman–Crippen MR) is 79.2 cm³/mol. The predicted octanol–water partition coefficient (Wildman–Crippen LogP) is -1.17. The Labute approximate surface area is 130 Å². The van der Waals surface area contributed by atoms with Crippen molar-refractivity contribution >= 4 is 21.9 Å². The van der Waals surface area contributed by atoms with Gasteiger partial charge in [0.15, 0.2) is 0 Å². The number of carbonyl (C=O) groups is 2.